The number of nitrogens with zero attached hydrogens (tertiary/aromatic N) is 2. The molecule has 0 saturated heterocycles. The number of amides is 1. The number of oxazole rings is 1. The van der Waals surface area contributed by atoms with Crippen LogP contribution in [0.5, 0.6) is 5.75 Å². The number of benzene rings is 2. The molecule has 3 rings (SSSR count). The highest BCUT2D eigenvalue weighted by molar-refractivity contribution is 5.92. The number of rotatable bonds is 10. The minimum Gasteiger partial charge on any atom is -0.497 e. The van der Waals surface area contributed by atoms with Crippen molar-refractivity contribution in [2.75, 3.05) is 7.11 Å². The molecule has 6 nitrogen and oxygen atoms in total. The average molecular weight is 476 g/mol. The molecule has 0 saturated carbocycles. The average Bonchev–Trinajstić information content (AvgIpc) is 3.27. The predicted octanol–water partition coefficient (Wildman–Crippen LogP) is 5.43. The van der Waals surface area contributed by atoms with Crippen molar-refractivity contribution >= 4 is 5.91 Å². The van der Waals surface area contributed by atoms with E-state index in [0.29, 0.717) is 23.7 Å². The maximum Gasteiger partial charge on any atom is 0.416 e. The molecule has 182 valence electrons. The van der Waals surface area contributed by atoms with E-state index in [0.717, 1.165) is 24.1 Å². The number of nitrogens with one attached hydrogen (secondary N) is 1. The molecule has 2 aromatic carbocycles. The lowest BCUT2D eigenvalue weighted by molar-refractivity contribution is -0.137. The van der Waals surface area contributed by atoms with E-state index in [-0.39, 0.29) is 30.7 Å². The Kier molecular flexibility index (Phi) is 8.33. The Morgan fingerprint density at radius 3 is 2.47 bits per heavy atom. The first-order chi connectivity index (χ1) is 16.2. The van der Waals surface area contributed by atoms with Crippen LogP contribution in [0.1, 0.15) is 53.3 Å². The largest absolute Gasteiger partial charge is 0.497 e. The van der Waals surface area contributed by atoms with Crippen molar-refractivity contribution in [2.24, 2.45) is 0 Å². The zero-order chi connectivity index (χ0) is 24.7. The minimum absolute atomic E-state index is 0.000120. The van der Waals surface area contributed by atoms with Crippen molar-refractivity contribution < 1.29 is 27.1 Å². The number of ether oxygens (including phenoxy) is 1. The summed E-state index contributed by atoms with van der Waals surface area (Å²) in [5.74, 6) is 0.677. The van der Waals surface area contributed by atoms with Crippen LogP contribution >= 0.6 is 0 Å². The Morgan fingerprint density at radius 1 is 1.12 bits per heavy atom. The number of carbonyl (C=O) groups is 1. The van der Waals surface area contributed by atoms with Crippen LogP contribution in [-0.2, 0) is 25.8 Å². The topological polar surface area (TPSA) is 67.6 Å². The van der Waals surface area contributed by atoms with Gasteiger partial charge in [-0.25, -0.2) is 4.98 Å². The van der Waals surface area contributed by atoms with E-state index in [2.05, 4.69) is 10.3 Å². The van der Waals surface area contributed by atoms with Gasteiger partial charge in [-0.1, -0.05) is 37.3 Å². The summed E-state index contributed by atoms with van der Waals surface area (Å²) in [6.45, 7) is 4.72. The first-order valence-electron chi connectivity index (χ1n) is 10.9. The third kappa shape index (κ3) is 7.08. The highest BCUT2D eigenvalue weighted by atomic mass is 19.4. The van der Waals surface area contributed by atoms with Crippen molar-refractivity contribution in [1.82, 2.24) is 15.2 Å². The molecule has 0 aliphatic rings. The van der Waals surface area contributed by atoms with Gasteiger partial charge in [0.15, 0.2) is 5.69 Å². The van der Waals surface area contributed by atoms with Crippen LogP contribution < -0.4 is 10.1 Å². The molecule has 34 heavy (non-hydrogen) atoms. The van der Waals surface area contributed by atoms with Crippen LogP contribution in [0.4, 0.5) is 13.2 Å². The van der Waals surface area contributed by atoms with Crippen LogP contribution in [0, 0.1) is 0 Å². The van der Waals surface area contributed by atoms with Crippen molar-refractivity contribution in [3.05, 3.63) is 83.1 Å². The normalized spacial score (nSPS) is 12.6. The number of alkyl halides is 3. The predicted molar refractivity (Wildman–Crippen MR) is 121 cm³/mol. The molecule has 1 atom stereocenters. The summed E-state index contributed by atoms with van der Waals surface area (Å²) in [4.78, 5) is 18.5. The van der Waals surface area contributed by atoms with Gasteiger partial charge in [-0.15, -0.1) is 0 Å². The second-order valence-corrected chi connectivity index (χ2v) is 8.10. The van der Waals surface area contributed by atoms with Gasteiger partial charge >= 0.3 is 6.18 Å². The van der Waals surface area contributed by atoms with E-state index in [1.807, 2.05) is 43.0 Å². The summed E-state index contributed by atoms with van der Waals surface area (Å²) >= 11 is 0. The molecule has 0 radical (unpaired) electrons. The lowest BCUT2D eigenvalue weighted by Gasteiger charge is -2.22. The standard InChI is InChI=1S/C25H28F3N3O3/c1-4-17(2)29-24(32)22-16-34-23(30-22)15-31(13-18-8-10-21(33-3)11-9-18)14-19-6-5-7-20(12-19)25(26,27)28/h5-12,16-17H,4,13-15H2,1-3H3,(H,29,32). The molecule has 0 spiro atoms. The molecular weight excluding hydrogens is 447 g/mol. The third-order valence-corrected chi connectivity index (χ3v) is 5.36. The van der Waals surface area contributed by atoms with Crippen LogP contribution in [0.3, 0.4) is 0 Å². The molecule has 1 unspecified atom stereocenters. The van der Waals surface area contributed by atoms with E-state index in [9.17, 15) is 18.0 Å². The number of hydrogen-bond donors (Lipinski definition) is 1. The fourth-order valence-corrected chi connectivity index (χ4v) is 3.34. The Bertz CT molecular complexity index is 1080. The van der Waals surface area contributed by atoms with E-state index in [1.54, 1.807) is 13.2 Å². The summed E-state index contributed by atoms with van der Waals surface area (Å²) in [5.41, 5.74) is 0.909. The quantitative estimate of drug-likeness (QED) is 0.423. The van der Waals surface area contributed by atoms with Crippen molar-refractivity contribution in [3.63, 3.8) is 0 Å². The van der Waals surface area contributed by atoms with E-state index in [1.165, 1.54) is 12.3 Å². The summed E-state index contributed by atoms with van der Waals surface area (Å²) in [7, 11) is 1.58. The van der Waals surface area contributed by atoms with Gasteiger partial charge in [0.25, 0.3) is 5.91 Å². The third-order valence-electron chi connectivity index (χ3n) is 5.36. The first kappa shape index (κ1) is 25.3. The zero-order valence-electron chi connectivity index (χ0n) is 19.4. The maximum absolute atomic E-state index is 13.2. The number of methoxy groups -OCH3 is 1. The molecule has 1 amide bonds. The highest BCUT2D eigenvalue weighted by Gasteiger charge is 2.30. The second kappa shape index (κ2) is 11.2. The van der Waals surface area contributed by atoms with Crippen molar-refractivity contribution in [2.45, 2.75) is 52.1 Å². The molecule has 3 aromatic rings. The summed E-state index contributed by atoms with van der Waals surface area (Å²) < 4.78 is 50.2. The van der Waals surface area contributed by atoms with E-state index < -0.39 is 11.7 Å². The zero-order valence-corrected chi connectivity index (χ0v) is 19.4. The van der Waals surface area contributed by atoms with Gasteiger partial charge < -0.3 is 14.5 Å². The molecule has 1 aromatic heterocycles. The molecule has 0 bridgehead atoms. The number of aromatic nitrogens is 1. The van der Waals surface area contributed by atoms with Crippen LogP contribution in [0.25, 0.3) is 0 Å². The molecule has 9 heteroatoms. The molecule has 0 fully saturated rings. The highest BCUT2D eigenvalue weighted by Crippen LogP contribution is 2.30. The second-order valence-electron chi connectivity index (χ2n) is 8.10. The van der Waals surface area contributed by atoms with Crippen LogP contribution in [0.2, 0.25) is 0 Å². The van der Waals surface area contributed by atoms with Gasteiger partial charge in [-0.2, -0.15) is 13.2 Å². The lowest BCUT2D eigenvalue weighted by atomic mass is 10.1. The van der Waals surface area contributed by atoms with Gasteiger partial charge in [0.2, 0.25) is 5.89 Å². The van der Waals surface area contributed by atoms with Gasteiger partial charge in [0.05, 0.1) is 19.2 Å². The van der Waals surface area contributed by atoms with Gasteiger partial charge in [0, 0.05) is 19.1 Å². The molecule has 0 aliphatic carbocycles. The smallest absolute Gasteiger partial charge is 0.416 e. The molecule has 1 heterocycles. The van der Waals surface area contributed by atoms with Crippen LogP contribution in [-0.4, -0.2) is 28.9 Å². The number of halogens is 3. The number of hydrogen-bond acceptors (Lipinski definition) is 5. The Morgan fingerprint density at radius 2 is 1.82 bits per heavy atom. The van der Waals surface area contributed by atoms with E-state index >= 15 is 0 Å². The Hall–Kier alpha value is -3.33. The minimum atomic E-state index is -4.42. The maximum atomic E-state index is 13.2. The molecule has 1 N–H and O–H groups in total. The Balaban J connectivity index is 1.80. The van der Waals surface area contributed by atoms with Crippen molar-refractivity contribution in [1.29, 1.82) is 0 Å². The van der Waals surface area contributed by atoms with Crippen LogP contribution in [0.15, 0.2) is 59.2 Å². The fourth-order valence-electron chi connectivity index (χ4n) is 3.34. The lowest BCUT2D eigenvalue weighted by Crippen LogP contribution is -2.32. The first-order valence-corrected chi connectivity index (χ1v) is 10.9. The monoisotopic (exact) mass is 475 g/mol. The van der Waals surface area contributed by atoms with E-state index in [4.69, 9.17) is 9.15 Å². The molecular formula is C25H28F3N3O3. The van der Waals surface area contributed by atoms with Gasteiger partial charge in [-0.3, -0.25) is 9.69 Å². The molecule has 0 aliphatic heterocycles. The summed E-state index contributed by atoms with van der Waals surface area (Å²) in [6, 6.07) is 12.6. The number of carbonyl (C=O) groups excluding carboxylic acids is 1. The van der Waals surface area contributed by atoms with Gasteiger partial charge in [0.1, 0.15) is 12.0 Å². The fraction of sp³-hybridized carbons (Fsp3) is 0.360. The van der Waals surface area contributed by atoms with Gasteiger partial charge in [-0.05, 0) is 42.7 Å². The summed E-state index contributed by atoms with van der Waals surface area (Å²) in [5, 5.41) is 2.83. The van der Waals surface area contributed by atoms with Crippen molar-refractivity contribution in [3.8, 4) is 5.75 Å². The Labute approximate surface area is 196 Å². The summed E-state index contributed by atoms with van der Waals surface area (Å²) in [6.07, 6.45) is -2.34. The SMILES string of the molecule is CCC(C)NC(=O)c1coc(CN(Cc2ccc(OC)cc2)Cc2cccc(C(F)(F)F)c2)n1.